The maximum Gasteiger partial charge on any atom is 0.345 e. The summed E-state index contributed by atoms with van der Waals surface area (Å²) in [5.74, 6) is 0.144. The maximum absolute atomic E-state index is 11.5. The highest BCUT2D eigenvalue weighted by Crippen LogP contribution is 2.22. The fraction of sp³-hybridized carbons (Fsp3) is 0.278. The molecule has 1 N–H and O–H groups in total. The first-order valence-corrected chi connectivity index (χ1v) is 7.24. The van der Waals surface area contributed by atoms with E-state index in [4.69, 9.17) is 9.47 Å². The topological polar surface area (TPSA) is 55.8 Å². The number of aliphatic carboxylic acids is 1. The number of hydrogen-bond acceptors (Lipinski definition) is 3. The van der Waals surface area contributed by atoms with E-state index >= 15 is 0 Å². The fourth-order valence-electron chi connectivity index (χ4n) is 2.32. The molecule has 0 fully saturated rings. The molecule has 0 aliphatic carbocycles. The Labute approximate surface area is 130 Å². The molecule has 0 saturated carbocycles. The normalized spacial score (nSPS) is 11.7. The molecule has 0 aliphatic heterocycles. The molecular weight excluding hydrogens is 280 g/mol. The summed E-state index contributed by atoms with van der Waals surface area (Å²) < 4.78 is 10.8. The maximum atomic E-state index is 11.5. The van der Waals surface area contributed by atoms with Gasteiger partial charge >= 0.3 is 5.97 Å². The van der Waals surface area contributed by atoms with E-state index in [2.05, 4.69) is 6.92 Å². The van der Waals surface area contributed by atoms with Gasteiger partial charge in [-0.15, -0.1) is 0 Å². The van der Waals surface area contributed by atoms with Gasteiger partial charge in [-0.05, 0) is 29.7 Å². The number of methoxy groups -OCH3 is 1. The zero-order chi connectivity index (χ0) is 15.9. The number of aryl methyl sites for hydroxylation is 1. The molecule has 4 nitrogen and oxygen atoms in total. The summed E-state index contributed by atoms with van der Waals surface area (Å²) in [5, 5.41) is 9.43. The van der Waals surface area contributed by atoms with Gasteiger partial charge in [0.1, 0.15) is 11.5 Å². The van der Waals surface area contributed by atoms with Crippen LogP contribution in [0.4, 0.5) is 0 Å². The predicted molar refractivity (Wildman–Crippen MR) is 84.6 cm³/mol. The van der Waals surface area contributed by atoms with Gasteiger partial charge in [0.25, 0.3) is 0 Å². The Bertz CT molecular complexity index is 636. The Morgan fingerprint density at radius 2 is 1.77 bits per heavy atom. The van der Waals surface area contributed by atoms with Crippen molar-refractivity contribution in [2.75, 3.05) is 7.11 Å². The minimum absolute atomic E-state index is 0.330. The van der Waals surface area contributed by atoms with E-state index in [1.54, 1.807) is 31.4 Å². The van der Waals surface area contributed by atoms with Gasteiger partial charge in [-0.3, -0.25) is 0 Å². The van der Waals surface area contributed by atoms with E-state index in [-0.39, 0.29) is 0 Å². The van der Waals surface area contributed by atoms with Crippen LogP contribution in [0.1, 0.15) is 18.1 Å². The summed E-state index contributed by atoms with van der Waals surface area (Å²) in [7, 11) is 1.56. The van der Waals surface area contributed by atoms with Crippen LogP contribution in [0.3, 0.4) is 0 Å². The molecule has 0 aromatic heterocycles. The molecule has 0 unspecified atom stereocenters. The fourth-order valence-corrected chi connectivity index (χ4v) is 2.32. The van der Waals surface area contributed by atoms with Crippen LogP contribution in [0.15, 0.2) is 48.5 Å². The summed E-state index contributed by atoms with van der Waals surface area (Å²) >= 11 is 0. The molecule has 116 valence electrons. The van der Waals surface area contributed by atoms with Gasteiger partial charge in [-0.25, -0.2) is 4.79 Å². The third-order valence-electron chi connectivity index (χ3n) is 3.50. The number of benzene rings is 2. The molecule has 0 radical (unpaired) electrons. The molecule has 0 aliphatic rings. The number of carboxylic acids is 1. The van der Waals surface area contributed by atoms with Gasteiger partial charge in [-0.2, -0.15) is 0 Å². The first kappa shape index (κ1) is 15.9. The average Bonchev–Trinajstić information content (AvgIpc) is 2.54. The highest BCUT2D eigenvalue weighted by Gasteiger charge is 2.21. The smallest absolute Gasteiger partial charge is 0.345 e. The van der Waals surface area contributed by atoms with Crippen molar-refractivity contribution in [3.8, 4) is 11.5 Å². The van der Waals surface area contributed by atoms with Gasteiger partial charge in [0, 0.05) is 12.5 Å². The summed E-state index contributed by atoms with van der Waals surface area (Å²) in [6.45, 7) is 2.05. The highest BCUT2D eigenvalue weighted by molar-refractivity contribution is 5.73. The molecule has 22 heavy (non-hydrogen) atoms. The number of carboxylic acid groups (broad SMARTS) is 1. The van der Waals surface area contributed by atoms with Gasteiger partial charge in [0.2, 0.25) is 0 Å². The summed E-state index contributed by atoms with van der Waals surface area (Å²) in [6.07, 6.45) is 0.262. The third kappa shape index (κ3) is 4.01. The van der Waals surface area contributed by atoms with E-state index in [1.165, 1.54) is 0 Å². The number of hydrogen-bond donors (Lipinski definition) is 1. The van der Waals surface area contributed by atoms with E-state index in [9.17, 15) is 9.90 Å². The van der Waals surface area contributed by atoms with Crippen molar-refractivity contribution >= 4 is 5.97 Å². The van der Waals surface area contributed by atoms with Crippen LogP contribution in [-0.4, -0.2) is 24.3 Å². The van der Waals surface area contributed by atoms with E-state index in [1.807, 2.05) is 24.3 Å². The molecular formula is C18H20O4. The largest absolute Gasteiger partial charge is 0.497 e. The number of carbonyl (C=O) groups is 1. The van der Waals surface area contributed by atoms with Crippen LogP contribution in [0.25, 0.3) is 0 Å². The predicted octanol–water partition coefficient (Wildman–Crippen LogP) is 3.33. The van der Waals surface area contributed by atoms with E-state index in [0.717, 1.165) is 17.5 Å². The molecule has 2 aromatic carbocycles. The lowest BCUT2D eigenvalue weighted by Gasteiger charge is -2.17. The lowest BCUT2D eigenvalue weighted by atomic mass is 10.00. The quantitative estimate of drug-likeness (QED) is 0.852. The lowest BCUT2D eigenvalue weighted by Crippen LogP contribution is -2.29. The Hall–Kier alpha value is -2.49. The van der Waals surface area contributed by atoms with Crippen LogP contribution in [0.5, 0.6) is 11.5 Å². The molecule has 2 aromatic rings. The van der Waals surface area contributed by atoms with Crippen molar-refractivity contribution in [1.29, 1.82) is 0 Å². The molecule has 1 atom stereocenters. The second-order valence-corrected chi connectivity index (χ2v) is 4.95. The van der Waals surface area contributed by atoms with Crippen molar-refractivity contribution in [2.45, 2.75) is 25.9 Å². The summed E-state index contributed by atoms with van der Waals surface area (Å²) in [6, 6.07) is 14.8. The number of ether oxygens (including phenoxy) is 2. The molecule has 0 heterocycles. The molecule has 0 spiro atoms. The van der Waals surface area contributed by atoms with Crippen LogP contribution in [0, 0.1) is 0 Å². The zero-order valence-corrected chi connectivity index (χ0v) is 12.8. The molecule has 0 saturated heterocycles. The van der Waals surface area contributed by atoms with E-state index in [0.29, 0.717) is 17.9 Å². The highest BCUT2D eigenvalue weighted by atomic mass is 16.5. The van der Waals surface area contributed by atoms with Crippen LogP contribution in [0.2, 0.25) is 0 Å². The van der Waals surface area contributed by atoms with Crippen LogP contribution >= 0.6 is 0 Å². The van der Waals surface area contributed by atoms with Gasteiger partial charge in [0.05, 0.1) is 7.11 Å². The first-order chi connectivity index (χ1) is 10.6. The zero-order valence-electron chi connectivity index (χ0n) is 12.8. The van der Waals surface area contributed by atoms with Crippen molar-refractivity contribution in [1.82, 2.24) is 0 Å². The van der Waals surface area contributed by atoms with Crippen LogP contribution < -0.4 is 9.47 Å². The molecule has 2 rings (SSSR count). The van der Waals surface area contributed by atoms with Gasteiger partial charge in [-0.1, -0.05) is 37.3 Å². The third-order valence-corrected chi connectivity index (χ3v) is 3.50. The Balaban J connectivity index is 2.18. The standard InChI is InChI=1S/C18H20O4/c1-3-13-7-4-5-8-14(13)11-17(18(19)20)22-16-10-6-9-15(12-16)21-2/h4-10,12,17H,3,11H2,1-2H3,(H,19,20)/t17-/m0/s1. The lowest BCUT2D eigenvalue weighted by molar-refractivity contribution is -0.145. The summed E-state index contributed by atoms with van der Waals surface area (Å²) in [5.41, 5.74) is 2.14. The van der Waals surface area contributed by atoms with Crippen molar-refractivity contribution in [3.63, 3.8) is 0 Å². The number of rotatable bonds is 7. The Morgan fingerprint density at radius 1 is 1.09 bits per heavy atom. The SMILES string of the molecule is CCc1ccccc1C[C@H](Oc1cccc(OC)c1)C(=O)O. The first-order valence-electron chi connectivity index (χ1n) is 7.24. The second-order valence-electron chi connectivity index (χ2n) is 4.95. The average molecular weight is 300 g/mol. The second kappa shape index (κ2) is 7.50. The monoisotopic (exact) mass is 300 g/mol. The molecule has 0 amide bonds. The summed E-state index contributed by atoms with van der Waals surface area (Å²) in [4.78, 5) is 11.5. The van der Waals surface area contributed by atoms with Gasteiger partial charge < -0.3 is 14.6 Å². The van der Waals surface area contributed by atoms with Crippen LogP contribution in [-0.2, 0) is 17.6 Å². The van der Waals surface area contributed by atoms with Crippen molar-refractivity contribution in [2.24, 2.45) is 0 Å². The Kier molecular flexibility index (Phi) is 5.42. The van der Waals surface area contributed by atoms with Crippen molar-refractivity contribution in [3.05, 3.63) is 59.7 Å². The molecule has 0 bridgehead atoms. The minimum atomic E-state index is -0.978. The van der Waals surface area contributed by atoms with Gasteiger partial charge in [0.15, 0.2) is 6.10 Å². The van der Waals surface area contributed by atoms with Crippen molar-refractivity contribution < 1.29 is 19.4 Å². The Morgan fingerprint density at radius 3 is 2.41 bits per heavy atom. The molecule has 4 heteroatoms. The van der Waals surface area contributed by atoms with E-state index < -0.39 is 12.1 Å². The minimum Gasteiger partial charge on any atom is -0.497 e.